The summed E-state index contributed by atoms with van der Waals surface area (Å²) in [5, 5.41) is 11.6. The van der Waals surface area contributed by atoms with Gasteiger partial charge in [-0.15, -0.1) is 11.3 Å². The molecule has 25 heavy (non-hydrogen) atoms. The summed E-state index contributed by atoms with van der Waals surface area (Å²) < 4.78 is 1.50. The van der Waals surface area contributed by atoms with Crippen LogP contribution in [-0.4, -0.2) is 42.7 Å². The minimum Gasteiger partial charge on any atom is -0.508 e. The standard InChI is InChI=1S/C20H24N2OS2/c23-18-6-4-17(5-7-18)22-13-11-21(12-14-22)10-1-2-19-8-3-16-9-15-24-20(16)25-19/h4-9,15,23H,1-3,10-14H2. The van der Waals surface area contributed by atoms with Crippen LogP contribution in [0.25, 0.3) is 0 Å². The van der Waals surface area contributed by atoms with Crippen LogP contribution in [0.3, 0.4) is 0 Å². The number of rotatable bonds is 5. The quantitative estimate of drug-likeness (QED) is 0.830. The lowest BCUT2D eigenvalue weighted by molar-refractivity contribution is 0.255. The van der Waals surface area contributed by atoms with Gasteiger partial charge in [0.1, 0.15) is 5.75 Å². The van der Waals surface area contributed by atoms with Crippen molar-refractivity contribution < 1.29 is 5.11 Å². The molecule has 2 aliphatic heterocycles. The molecule has 0 saturated carbocycles. The van der Waals surface area contributed by atoms with Gasteiger partial charge in [0, 0.05) is 31.9 Å². The van der Waals surface area contributed by atoms with Gasteiger partial charge in [0.2, 0.25) is 0 Å². The van der Waals surface area contributed by atoms with Crippen LogP contribution in [0.1, 0.15) is 18.4 Å². The first-order chi connectivity index (χ1) is 12.3. The molecule has 1 aromatic carbocycles. The molecule has 4 rings (SSSR count). The number of fused-ring (bicyclic) bond motifs is 1. The number of piperazine rings is 1. The van der Waals surface area contributed by atoms with E-state index in [2.05, 4.69) is 27.3 Å². The molecule has 0 spiro atoms. The van der Waals surface area contributed by atoms with Crippen LogP contribution >= 0.6 is 23.1 Å². The highest BCUT2D eigenvalue weighted by Gasteiger charge is 2.18. The summed E-state index contributed by atoms with van der Waals surface area (Å²) in [5.41, 5.74) is 2.72. The molecule has 0 unspecified atom stereocenters. The number of phenolic OH excluding ortho intramolecular Hbond substituents is 1. The minimum absolute atomic E-state index is 0.340. The van der Waals surface area contributed by atoms with Crippen molar-refractivity contribution in [3.8, 4) is 5.75 Å². The van der Waals surface area contributed by atoms with Gasteiger partial charge in [0.25, 0.3) is 0 Å². The van der Waals surface area contributed by atoms with Crippen LogP contribution in [0.15, 0.2) is 50.9 Å². The summed E-state index contributed by atoms with van der Waals surface area (Å²) >= 11 is 3.86. The van der Waals surface area contributed by atoms with Crippen LogP contribution < -0.4 is 4.90 Å². The van der Waals surface area contributed by atoms with Gasteiger partial charge in [-0.1, -0.05) is 17.8 Å². The van der Waals surface area contributed by atoms with Gasteiger partial charge in [-0.05, 0) is 72.0 Å². The Hall–Kier alpha value is -1.43. The zero-order chi connectivity index (χ0) is 17.1. The van der Waals surface area contributed by atoms with Gasteiger partial charge in [0.05, 0.1) is 4.21 Å². The second-order valence-corrected chi connectivity index (χ2v) is 8.97. The molecule has 1 fully saturated rings. The van der Waals surface area contributed by atoms with Crippen LogP contribution in [-0.2, 0) is 6.42 Å². The fraction of sp³-hybridized carbons (Fsp3) is 0.400. The van der Waals surface area contributed by atoms with Crippen molar-refractivity contribution in [2.75, 3.05) is 37.6 Å². The smallest absolute Gasteiger partial charge is 0.115 e. The summed E-state index contributed by atoms with van der Waals surface area (Å²) in [7, 11) is 0. The highest BCUT2D eigenvalue weighted by molar-refractivity contribution is 8.04. The van der Waals surface area contributed by atoms with E-state index in [0.29, 0.717) is 5.75 Å². The lowest BCUT2D eigenvalue weighted by atomic mass is 10.2. The van der Waals surface area contributed by atoms with Gasteiger partial charge in [-0.25, -0.2) is 0 Å². The Kier molecular flexibility index (Phi) is 5.34. The molecule has 3 heterocycles. The Bertz CT molecular complexity index is 730. The van der Waals surface area contributed by atoms with Crippen molar-refractivity contribution in [1.29, 1.82) is 0 Å². The molecule has 0 amide bonds. The molecule has 2 aliphatic rings. The highest BCUT2D eigenvalue weighted by Crippen LogP contribution is 2.40. The van der Waals surface area contributed by atoms with Crippen molar-refractivity contribution in [1.82, 2.24) is 4.90 Å². The second-order valence-electron chi connectivity index (χ2n) is 6.66. The van der Waals surface area contributed by atoms with Crippen molar-refractivity contribution in [3.05, 3.63) is 52.3 Å². The first-order valence-corrected chi connectivity index (χ1v) is 10.7. The Labute approximate surface area is 158 Å². The molecule has 0 atom stereocenters. The Morgan fingerprint density at radius 1 is 1.00 bits per heavy atom. The summed E-state index contributed by atoms with van der Waals surface area (Å²) in [6.45, 7) is 5.59. The van der Waals surface area contributed by atoms with Gasteiger partial charge >= 0.3 is 0 Å². The predicted molar refractivity (Wildman–Crippen MR) is 108 cm³/mol. The Balaban J connectivity index is 1.19. The SMILES string of the molecule is Oc1ccc(N2CCN(CCCC3=CCc4ccsc4S3)CC2)cc1. The first-order valence-electron chi connectivity index (χ1n) is 8.97. The number of thiophene rings is 1. The molecular formula is C20H24N2OS2. The van der Waals surface area contributed by atoms with E-state index in [1.54, 1.807) is 17.0 Å². The molecule has 0 bridgehead atoms. The van der Waals surface area contributed by atoms with E-state index in [-0.39, 0.29) is 0 Å². The zero-order valence-corrected chi connectivity index (χ0v) is 16.0. The average molecular weight is 373 g/mol. The number of allylic oxidation sites excluding steroid dienone is 2. The molecule has 5 heteroatoms. The Morgan fingerprint density at radius 3 is 2.60 bits per heavy atom. The average Bonchev–Trinajstić information content (AvgIpc) is 3.11. The van der Waals surface area contributed by atoms with Crippen LogP contribution in [0.4, 0.5) is 5.69 Å². The van der Waals surface area contributed by atoms with Crippen molar-refractivity contribution >= 4 is 28.8 Å². The lowest BCUT2D eigenvalue weighted by Crippen LogP contribution is -2.46. The van der Waals surface area contributed by atoms with E-state index in [4.69, 9.17) is 0 Å². The molecule has 0 radical (unpaired) electrons. The summed E-state index contributed by atoms with van der Waals surface area (Å²) in [5.74, 6) is 0.340. The predicted octanol–water partition coefficient (Wildman–Crippen LogP) is 4.59. The third kappa shape index (κ3) is 4.22. The van der Waals surface area contributed by atoms with E-state index >= 15 is 0 Å². The first kappa shape index (κ1) is 17.0. The number of nitrogens with zero attached hydrogens (tertiary/aromatic N) is 2. The van der Waals surface area contributed by atoms with Gasteiger partial charge in [0.15, 0.2) is 0 Å². The fourth-order valence-corrected chi connectivity index (χ4v) is 5.74. The molecule has 2 aromatic rings. The number of aromatic hydroxyl groups is 1. The number of benzene rings is 1. The topological polar surface area (TPSA) is 26.7 Å². The molecule has 132 valence electrons. The van der Waals surface area contributed by atoms with E-state index in [1.165, 1.54) is 34.8 Å². The van der Waals surface area contributed by atoms with Crippen LogP contribution in [0.5, 0.6) is 5.75 Å². The number of phenols is 1. The fourth-order valence-electron chi connectivity index (χ4n) is 3.47. The third-order valence-electron chi connectivity index (χ3n) is 4.96. The maximum atomic E-state index is 9.41. The monoisotopic (exact) mass is 372 g/mol. The summed E-state index contributed by atoms with van der Waals surface area (Å²) in [6, 6.07) is 9.83. The molecule has 1 saturated heterocycles. The summed E-state index contributed by atoms with van der Waals surface area (Å²) in [6.07, 6.45) is 5.99. The normalized spacial score (nSPS) is 18.1. The van der Waals surface area contributed by atoms with Crippen molar-refractivity contribution in [3.63, 3.8) is 0 Å². The van der Waals surface area contributed by atoms with E-state index in [1.807, 2.05) is 35.2 Å². The van der Waals surface area contributed by atoms with E-state index in [0.717, 1.165) is 32.6 Å². The zero-order valence-electron chi connectivity index (χ0n) is 14.4. The lowest BCUT2D eigenvalue weighted by Gasteiger charge is -2.36. The van der Waals surface area contributed by atoms with Gasteiger partial charge in [-0.3, -0.25) is 4.90 Å². The largest absolute Gasteiger partial charge is 0.508 e. The molecule has 1 aromatic heterocycles. The number of hydrogen-bond acceptors (Lipinski definition) is 5. The summed E-state index contributed by atoms with van der Waals surface area (Å²) in [4.78, 5) is 6.55. The third-order valence-corrected chi connectivity index (χ3v) is 7.33. The maximum absolute atomic E-state index is 9.41. The molecule has 1 N–H and O–H groups in total. The van der Waals surface area contributed by atoms with Crippen LogP contribution in [0.2, 0.25) is 0 Å². The van der Waals surface area contributed by atoms with E-state index in [9.17, 15) is 5.11 Å². The van der Waals surface area contributed by atoms with Crippen LogP contribution in [0, 0.1) is 0 Å². The second kappa shape index (κ2) is 7.85. The number of hydrogen-bond donors (Lipinski definition) is 1. The maximum Gasteiger partial charge on any atom is 0.115 e. The van der Waals surface area contributed by atoms with E-state index < -0.39 is 0 Å². The van der Waals surface area contributed by atoms with Crippen molar-refractivity contribution in [2.24, 2.45) is 0 Å². The van der Waals surface area contributed by atoms with Gasteiger partial charge in [-0.2, -0.15) is 0 Å². The number of thioether (sulfide) groups is 1. The van der Waals surface area contributed by atoms with Gasteiger partial charge < -0.3 is 10.0 Å². The highest BCUT2D eigenvalue weighted by atomic mass is 32.2. The minimum atomic E-state index is 0.340. The Morgan fingerprint density at radius 2 is 1.80 bits per heavy atom. The molecule has 0 aliphatic carbocycles. The van der Waals surface area contributed by atoms with Crippen molar-refractivity contribution in [2.45, 2.75) is 23.5 Å². The number of anilines is 1. The molecule has 3 nitrogen and oxygen atoms in total. The molecular weight excluding hydrogens is 348 g/mol.